The highest BCUT2D eigenvalue weighted by molar-refractivity contribution is 6.20. The van der Waals surface area contributed by atoms with E-state index in [9.17, 15) is 0 Å². The molecule has 1 aliphatic rings. The van der Waals surface area contributed by atoms with Gasteiger partial charge in [-0.2, -0.15) is 0 Å². The second-order valence-electron chi connectivity index (χ2n) is 5.34. The third-order valence-corrected chi connectivity index (χ3v) is 4.13. The Kier molecular flexibility index (Phi) is 4.47. The van der Waals surface area contributed by atoms with Gasteiger partial charge in [0.15, 0.2) is 0 Å². The van der Waals surface area contributed by atoms with Crippen molar-refractivity contribution in [3.63, 3.8) is 0 Å². The van der Waals surface area contributed by atoms with Crippen LogP contribution in [0.1, 0.15) is 36.0 Å². The fourth-order valence-electron chi connectivity index (χ4n) is 2.60. The Morgan fingerprint density at radius 1 is 1.29 bits per heavy atom. The SMILES string of the molecule is Cc1ccc(C)c(CNCC2CCC(Cl)C2)c1. The van der Waals surface area contributed by atoms with Crippen molar-refractivity contribution in [2.75, 3.05) is 6.54 Å². The fraction of sp³-hybridized carbons (Fsp3) is 0.600. The van der Waals surface area contributed by atoms with Crippen molar-refractivity contribution in [3.05, 3.63) is 34.9 Å². The summed E-state index contributed by atoms with van der Waals surface area (Å²) < 4.78 is 0. The van der Waals surface area contributed by atoms with Crippen molar-refractivity contribution < 1.29 is 0 Å². The molecule has 2 unspecified atom stereocenters. The number of benzene rings is 1. The van der Waals surface area contributed by atoms with Crippen LogP contribution in [0.5, 0.6) is 0 Å². The van der Waals surface area contributed by atoms with Crippen molar-refractivity contribution in [3.8, 4) is 0 Å². The molecule has 0 aliphatic heterocycles. The molecule has 0 heterocycles. The van der Waals surface area contributed by atoms with Gasteiger partial charge < -0.3 is 5.32 Å². The Balaban J connectivity index is 1.80. The van der Waals surface area contributed by atoms with Gasteiger partial charge in [-0.1, -0.05) is 23.8 Å². The lowest BCUT2D eigenvalue weighted by Crippen LogP contribution is -2.21. The first-order valence-electron chi connectivity index (χ1n) is 6.56. The summed E-state index contributed by atoms with van der Waals surface area (Å²) in [7, 11) is 0. The van der Waals surface area contributed by atoms with E-state index in [0.717, 1.165) is 19.0 Å². The fourth-order valence-corrected chi connectivity index (χ4v) is 2.98. The first kappa shape index (κ1) is 12.9. The van der Waals surface area contributed by atoms with Gasteiger partial charge in [0.2, 0.25) is 0 Å². The number of rotatable bonds is 4. The van der Waals surface area contributed by atoms with Crippen LogP contribution in [0.3, 0.4) is 0 Å². The predicted molar refractivity (Wildman–Crippen MR) is 74.6 cm³/mol. The van der Waals surface area contributed by atoms with E-state index < -0.39 is 0 Å². The molecule has 1 aliphatic carbocycles. The molecule has 1 aromatic carbocycles. The van der Waals surface area contributed by atoms with Crippen LogP contribution < -0.4 is 5.32 Å². The monoisotopic (exact) mass is 251 g/mol. The summed E-state index contributed by atoms with van der Waals surface area (Å²) >= 11 is 6.12. The van der Waals surface area contributed by atoms with E-state index in [1.165, 1.54) is 36.0 Å². The summed E-state index contributed by atoms with van der Waals surface area (Å²) in [5.41, 5.74) is 4.14. The molecule has 0 saturated heterocycles. The summed E-state index contributed by atoms with van der Waals surface area (Å²) in [6, 6.07) is 6.66. The maximum Gasteiger partial charge on any atom is 0.0339 e. The molecule has 2 heteroatoms. The summed E-state index contributed by atoms with van der Waals surface area (Å²) in [4.78, 5) is 0. The Morgan fingerprint density at radius 3 is 2.82 bits per heavy atom. The maximum atomic E-state index is 6.12. The highest BCUT2D eigenvalue weighted by atomic mass is 35.5. The molecule has 2 rings (SSSR count). The van der Waals surface area contributed by atoms with Crippen molar-refractivity contribution in [2.24, 2.45) is 5.92 Å². The molecule has 2 atom stereocenters. The standard InChI is InChI=1S/C15H22ClN/c1-11-3-4-12(2)14(7-11)10-17-9-13-5-6-15(16)8-13/h3-4,7,13,15,17H,5-6,8-10H2,1-2H3. The molecular weight excluding hydrogens is 230 g/mol. The number of hydrogen-bond donors (Lipinski definition) is 1. The van der Waals surface area contributed by atoms with E-state index in [1.54, 1.807) is 0 Å². The molecule has 1 saturated carbocycles. The Bertz CT molecular complexity index is 375. The number of nitrogens with one attached hydrogen (secondary N) is 1. The Labute approximate surface area is 110 Å². The minimum atomic E-state index is 0.419. The van der Waals surface area contributed by atoms with E-state index in [2.05, 4.69) is 37.4 Å². The highest BCUT2D eigenvalue weighted by Crippen LogP contribution is 2.28. The number of hydrogen-bond acceptors (Lipinski definition) is 1. The smallest absolute Gasteiger partial charge is 0.0339 e. The first-order valence-corrected chi connectivity index (χ1v) is 6.99. The normalized spacial score (nSPS) is 24.2. The van der Waals surface area contributed by atoms with Crippen LogP contribution in [-0.2, 0) is 6.54 Å². The molecule has 1 N–H and O–H groups in total. The summed E-state index contributed by atoms with van der Waals surface area (Å²) in [5, 5.41) is 3.99. The summed E-state index contributed by atoms with van der Waals surface area (Å²) in [6.07, 6.45) is 3.66. The van der Waals surface area contributed by atoms with Gasteiger partial charge >= 0.3 is 0 Å². The van der Waals surface area contributed by atoms with Gasteiger partial charge in [0.05, 0.1) is 0 Å². The number of halogens is 1. The van der Waals surface area contributed by atoms with Crippen LogP contribution in [0.25, 0.3) is 0 Å². The molecular formula is C15H22ClN. The van der Waals surface area contributed by atoms with Gasteiger partial charge in [0.25, 0.3) is 0 Å². The van der Waals surface area contributed by atoms with Gasteiger partial charge in [-0.25, -0.2) is 0 Å². The zero-order chi connectivity index (χ0) is 12.3. The van der Waals surface area contributed by atoms with Crippen LogP contribution in [0, 0.1) is 19.8 Å². The second-order valence-corrected chi connectivity index (χ2v) is 5.95. The number of aryl methyl sites for hydroxylation is 2. The molecule has 17 heavy (non-hydrogen) atoms. The van der Waals surface area contributed by atoms with Crippen molar-refractivity contribution in [1.29, 1.82) is 0 Å². The average molecular weight is 252 g/mol. The lowest BCUT2D eigenvalue weighted by molar-refractivity contribution is 0.489. The second kappa shape index (κ2) is 5.88. The van der Waals surface area contributed by atoms with E-state index in [4.69, 9.17) is 11.6 Å². The molecule has 1 nitrogen and oxygen atoms in total. The van der Waals surface area contributed by atoms with E-state index >= 15 is 0 Å². The van der Waals surface area contributed by atoms with Crippen LogP contribution in [0.4, 0.5) is 0 Å². The quantitative estimate of drug-likeness (QED) is 0.803. The lowest BCUT2D eigenvalue weighted by Gasteiger charge is -2.12. The summed E-state index contributed by atoms with van der Waals surface area (Å²) in [5.74, 6) is 0.780. The maximum absolute atomic E-state index is 6.12. The molecule has 1 fully saturated rings. The average Bonchev–Trinajstić information content (AvgIpc) is 2.69. The minimum absolute atomic E-state index is 0.419. The third-order valence-electron chi connectivity index (χ3n) is 3.73. The third kappa shape index (κ3) is 3.72. The molecule has 0 bridgehead atoms. The Hall–Kier alpha value is -0.530. The van der Waals surface area contributed by atoms with Gasteiger partial charge in [-0.3, -0.25) is 0 Å². The minimum Gasteiger partial charge on any atom is -0.312 e. The van der Waals surface area contributed by atoms with Crippen LogP contribution in [-0.4, -0.2) is 11.9 Å². The van der Waals surface area contributed by atoms with Gasteiger partial charge in [0.1, 0.15) is 0 Å². The van der Waals surface area contributed by atoms with Gasteiger partial charge in [-0.15, -0.1) is 11.6 Å². The number of alkyl halides is 1. The van der Waals surface area contributed by atoms with Crippen molar-refractivity contribution in [2.45, 2.75) is 45.0 Å². The zero-order valence-corrected chi connectivity index (χ0v) is 11.6. The molecule has 0 amide bonds. The van der Waals surface area contributed by atoms with E-state index in [0.29, 0.717) is 5.38 Å². The van der Waals surface area contributed by atoms with Crippen molar-refractivity contribution in [1.82, 2.24) is 5.32 Å². The lowest BCUT2D eigenvalue weighted by atomic mass is 10.0. The first-order chi connectivity index (χ1) is 8.15. The highest BCUT2D eigenvalue weighted by Gasteiger charge is 2.22. The topological polar surface area (TPSA) is 12.0 Å². The molecule has 94 valence electrons. The van der Waals surface area contributed by atoms with Crippen molar-refractivity contribution >= 4 is 11.6 Å². The molecule has 0 aromatic heterocycles. The van der Waals surface area contributed by atoms with Crippen LogP contribution >= 0.6 is 11.6 Å². The van der Waals surface area contributed by atoms with Crippen LogP contribution in [0.2, 0.25) is 0 Å². The van der Waals surface area contributed by atoms with Gasteiger partial charge in [0, 0.05) is 11.9 Å². The van der Waals surface area contributed by atoms with Crippen LogP contribution in [0.15, 0.2) is 18.2 Å². The molecule has 0 spiro atoms. The van der Waals surface area contributed by atoms with E-state index in [-0.39, 0.29) is 0 Å². The predicted octanol–water partition coefficient (Wildman–Crippen LogP) is 3.80. The molecule has 0 radical (unpaired) electrons. The largest absolute Gasteiger partial charge is 0.312 e. The zero-order valence-electron chi connectivity index (χ0n) is 10.8. The summed E-state index contributed by atoms with van der Waals surface area (Å²) in [6.45, 7) is 6.42. The Morgan fingerprint density at radius 2 is 2.12 bits per heavy atom. The molecule has 1 aromatic rings. The van der Waals surface area contributed by atoms with Gasteiger partial charge in [-0.05, 0) is 56.7 Å². The van der Waals surface area contributed by atoms with E-state index in [1.807, 2.05) is 0 Å².